The molecule has 4 rings (SSSR count). The van der Waals surface area contributed by atoms with Crippen molar-refractivity contribution in [1.29, 1.82) is 0 Å². The fourth-order valence-corrected chi connectivity index (χ4v) is 3.84. The van der Waals surface area contributed by atoms with E-state index in [-0.39, 0.29) is 17.7 Å². The lowest BCUT2D eigenvalue weighted by molar-refractivity contribution is -0.165. The van der Waals surface area contributed by atoms with E-state index < -0.39 is 5.60 Å². The fourth-order valence-electron chi connectivity index (χ4n) is 3.84. The molecule has 4 fully saturated rings. The van der Waals surface area contributed by atoms with Crippen molar-refractivity contribution >= 4 is 11.8 Å². The average molecular weight is 292 g/mol. The molecule has 21 heavy (non-hydrogen) atoms. The smallest absolute Gasteiger partial charge is 0.226 e. The molecule has 0 radical (unpaired) electrons. The zero-order valence-corrected chi connectivity index (χ0v) is 12.5. The minimum atomic E-state index is -0.585. The highest BCUT2D eigenvalue weighted by molar-refractivity contribution is 5.82. The van der Waals surface area contributed by atoms with Crippen molar-refractivity contribution in [1.82, 2.24) is 9.80 Å². The zero-order valence-electron chi connectivity index (χ0n) is 12.5. The van der Waals surface area contributed by atoms with Gasteiger partial charge in [-0.15, -0.1) is 0 Å². The molecule has 0 aromatic heterocycles. The Morgan fingerprint density at radius 2 is 1.33 bits per heavy atom. The average Bonchev–Trinajstić information content (AvgIpc) is 3.33. The molecule has 2 aliphatic carbocycles. The molecule has 2 amide bonds. The monoisotopic (exact) mass is 292 g/mol. The molecule has 0 atom stereocenters. The third kappa shape index (κ3) is 2.45. The van der Waals surface area contributed by atoms with Crippen molar-refractivity contribution in [3.63, 3.8) is 0 Å². The molecular formula is C16H24N2O3. The number of amides is 2. The minimum Gasteiger partial charge on any atom is -0.386 e. The molecule has 4 aliphatic rings. The van der Waals surface area contributed by atoms with Crippen LogP contribution in [0.2, 0.25) is 0 Å². The predicted octanol–water partition coefficient (Wildman–Crippen LogP) is 0.618. The number of aliphatic hydroxyl groups is 1. The van der Waals surface area contributed by atoms with E-state index >= 15 is 0 Å². The van der Waals surface area contributed by atoms with E-state index in [0.29, 0.717) is 24.9 Å². The fraction of sp³-hybridized carbons (Fsp3) is 0.875. The van der Waals surface area contributed by atoms with E-state index in [0.717, 1.165) is 51.6 Å². The maximum Gasteiger partial charge on any atom is 0.226 e. The van der Waals surface area contributed by atoms with Gasteiger partial charge in [-0.1, -0.05) is 0 Å². The maximum absolute atomic E-state index is 12.4. The summed E-state index contributed by atoms with van der Waals surface area (Å²) in [5.74, 6) is 1.25. The summed E-state index contributed by atoms with van der Waals surface area (Å²) < 4.78 is 0. The van der Waals surface area contributed by atoms with Crippen molar-refractivity contribution < 1.29 is 14.7 Å². The number of nitrogens with zero attached hydrogens (tertiary/aromatic N) is 2. The van der Waals surface area contributed by atoms with Crippen LogP contribution in [0.4, 0.5) is 0 Å². The quantitative estimate of drug-likeness (QED) is 0.829. The van der Waals surface area contributed by atoms with Crippen LogP contribution in [0, 0.1) is 17.8 Å². The molecule has 0 unspecified atom stereocenters. The van der Waals surface area contributed by atoms with Crippen LogP contribution in [0.5, 0.6) is 0 Å². The van der Waals surface area contributed by atoms with Crippen LogP contribution in [0.3, 0.4) is 0 Å². The summed E-state index contributed by atoms with van der Waals surface area (Å²) in [5.41, 5.74) is -0.585. The molecule has 2 aliphatic heterocycles. The Morgan fingerprint density at radius 1 is 0.810 bits per heavy atom. The Kier molecular flexibility index (Phi) is 3.03. The molecule has 2 saturated heterocycles. The Labute approximate surface area is 125 Å². The van der Waals surface area contributed by atoms with Crippen LogP contribution in [0.1, 0.15) is 38.5 Å². The number of hydrogen-bond donors (Lipinski definition) is 1. The van der Waals surface area contributed by atoms with Gasteiger partial charge in [0.05, 0.1) is 13.1 Å². The van der Waals surface area contributed by atoms with Crippen LogP contribution >= 0.6 is 0 Å². The summed E-state index contributed by atoms with van der Waals surface area (Å²) in [7, 11) is 0. The summed E-state index contributed by atoms with van der Waals surface area (Å²) in [4.78, 5) is 28.2. The highest BCUT2D eigenvalue weighted by Crippen LogP contribution is 2.45. The van der Waals surface area contributed by atoms with Crippen LogP contribution in [0.25, 0.3) is 0 Å². The van der Waals surface area contributed by atoms with Gasteiger partial charge in [0.15, 0.2) is 0 Å². The van der Waals surface area contributed by atoms with E-state index in [4.69, 9.17) is 0 Å². The lowest BCUT2D eigenvalue weighted by Crippen LogP contribution is -2.66. The Morgan fingerprint density at radius 3 is 1.86 bits per heavy atom. The third-order valence-corrected chi connectivity index (χ3v) is 5.66. The number of piperidine rings is 1. The number of β-amino-alcohol motifs (C(OH)–C–C–N with tert-alkyl or cyclic N) is 1. The van der Waals surface area contributed by atoms with Gasteiger partial charge in [0, 0.05) is 24.9 Å². The first-order valence-corrected chi connectivity index (χ1v) is 8.37. The molecule has 0 aromatic carbocycles. The van der Waals surface area contributed by atoms with Gasteiger partial charge in [0.2, 0.25) is 11.8 Å². The summed E-state index contributed by atoms with van der Waals surface area (Å²) in [6.07, 6.45) is 5.89. The van der Waals surface area contributed by atoms with E-state index in [1.807, 2.05) is 9.80 Å². The number of hydrogen-bond acceptors (Lipinski definition) is 3. The summed E-state index contributed by atoms with van der Waals surface area (Å²) >= 11 is 0. The van der Waals surface area contributed by atoms with E-state index in [1.54, 1.807) is 0 Å². The third-order valence-electron chi connectivity index (χ3n) is 5.66. The molecule has 0 spiro atoms. The van der Waals surface area contributed by atoms with Gasteiger partial charge >= 0.3 is 0 Å². The topological polar surface area (TPSA) is 60.9 Å². The van der Waals surface area contributed by atoms with Gasteiger partial charge in [-0.05, 0) is 44.4 Å². The van der Waals surface area contributed by atoms with Crippen LogP contribution in [0.15, 0.2) is 0 Å². The van der Waals surface area contributed by atoms with Gasteiger partial charge in [0.25, 0.3) is 0 Å². The highest BCUT2D eigenvalue weighted by atomic mass is 16.3. The lowest BCUT2D eigenvalue weighted by atomic mass is 9.86. The summed E-state index contributed by atoms with van der Waals surface area (Å²) in [6, 6.07) is 0. The maximum atomic E-state index is 12.4. The first kappa shape index (κ1) is 13.6. The molecule has 0 aromatic rings. The van der Waals surface area contributed by atoms with E-state index in [1.165, 1.54) is 0 Å². The highest BCUT2D eigenvalue weighted by Gasteiger charge is 2.54. The predicted molar refractivity (Wildman–Crippen MR) is 76.3 cm³/mol. The molecule has 2 saturated carbocycles. The van der Waals surface area contributed by atoms with Crippen LogP contribution in [-0.4, -0.2) is 58.5 Å². The Balaban J connectivity index is 1.26. The van der Waals surface area contributed by atoms with E-state index in [2.05, 4.69) is 0 Å². The van der Waals surface area contributed by atoms with Gasteiger partial charge in [-0.25, -0.2) is 0 Å². The lowest BCUT2D eigenvalue weighted by Gasteiger charge is -2.48. The Bertz CT molecular complexity index is 456. The summed E-state index contributed by atoms with van der Waals surface area (Å²) in [6.45, 7) is 2.51. The molecule has 116 valence electrons. The van der Waals surface area contributed by atoms with Gasteiger partial charge in [-0.2, -0.15) is 0 Å². The van der Waals surface area contributed by atoms with Crippen LogP contribution < -0.4 is 0 Å². The molecule has 1 N–H and O–H groups in total. The molecule has 0 bridgehead atoms. The van der Waals surface area contributed by atoms with Gasteiger partial charge < -0.3 is 14.9 Å². The number of carbonyl (C=O) groups is 2. The zero-order chi connectivity index (χ0) is 14.6. The normalized spacial score (nSPS) is 29.2. The SMILES string of the molecule is O=C(C1CC1)N1CCC(C(=O)N2CC(O)(C3CC3)C2)CC1. The molecule has 2 heterocycles. The molecule has 5 heteroatoms. The largest absolute Gasteiger partial charge is 0.386 e. The number of carbonyl (C=O) groups excluding carboxylic acids is 2. The second-order valence-electron chi connectivity index (χ2n) is 7.45. The first-order chi connectivity index (χ1) is 10.1. The van der Waals surface area contributed by atoms with Crippen molar-refractivity contribution in [2.75, 3.05) is 26.2 Å². The second kappa shape index (κ2) is 4.70. The van der Waals surface area contributed by atoms with Crippen LogP contribution in [-0.2, 0) is 9.59 Å². The molecular weight excluding hydrogens is 268 g/mol. The standard InChI is InChI=1S/C16H24N2O3/c19-14(11-1-2-11)17-7-5-12(6-8-17)15(20)18-9-16(21,10-18)13-3-4-13/h11-13,21H,1-10H2. The Hall–Kier alpha value is -1.10. The first-order valence-electron chi connectivity index (χ1n) is 8.37. The van der Waals surface area contributed by atoms with Gasteiger partial charge in [0.1, 0.15) is 5.60 Å². The number of likely N-dealkylation sites (tertiary alicyclic amines) is 2. The summed E-state index contributed by atoms with van der Waals surface area (Å²) in [5, 5.41) is 10.3. The second-order valence-corrected chi connectivity index (χ2v) is 7.45. The minimum absolute atomic E-state index is 0.0528. The van der Waals surface area contributed by atoms with Crippen molar-refractivity contribution in [3.8, 4) is 0 Å². The van der Waals surface area contributed by atoms with Crippen molar-refractivity contribution in [2.45, 2.75) is 44.1 Å². The number of rotatable bonds is 3. The molecule has 5 nitrogen and oxygen atoms in total. The van der Waals surface area contributed by atoms with Crippen molar-refractivity contribution in [3.05, 3.63) is 0 Å². The van der Waals surface area contributed by atoms with Crippen molar-refractivity contribution in [2.24, 2.45) is 17.8 Å². The van der Waals surface area contributed by atoms with E-state index in [9.17, 15) is 14.7 Å². The van der Waals surface area contributed by atoms with Gasteiger partial charge in [-0.3, -0.25) is 9.59 Å².